The summed E-state index contributed by atoms with van der Waals surface area (Å²) in [5.74, 6) is 1.17. The minimum atomic E-state index is 0.397. The quantitative estimate of drug-likeness (QED) is 0.458. The highest BCUT2D eigenvalue weighted by Crippen LogP contribution is 2.32. The lowest BCUT2D eigenvalue weighted by molar-refractivity contribution is 0.856. The number of aryl methyl sites for hydroxylation is 2. The number of aromatic amines is 1. The summed E-state index contributed by atoms with van der Waals surface area (Å²) >= 11 is 0. The average molecular weight is 406 g/mol. The van der Waals surface area contributed by atoms with Crippen LogP contribution in [0.5, 0.6) is 0 Å². The number of anilines is 2. The van der Waals surface area contributed by atoms with Crippen LogP contribution in [0.4, 0.5) is 11.6 Å². The van der Waals surface area contributed by atoms with Crippen molar-refractivity contribution in [1.29, 1.82) is 5.26 Å². The van der Waals surface area contributed by atoms with Crippen molar-refractivity contribution in [2.24, 2.45) is 0 Å². The second-order valence-electron chi connectivity index (χ2n) is 7.13. The minimum Gasteiger partial charge on any atom is -0.320 e. The van der Waals surface area contributed by atoms with Gasteiger partial charge in [-0.1, -0.05) is 60.7 Å². The van der Waals surface area contributed by atoms with Crippen LogP contribution in [0.2, 0.25) is 0 Å². The highest BCUT2D eigenvalue weighted by atomic mass is 15.3. The zero-order valence-corrected chi connectivity index (χ0v) is 17.0. The van der Waals surface area contributed by atoms with Crippen molar-refractivity contribution in [3.63, 3.8) is 0 Å². The number of rotatable bonds is 4. The Morgan fingerprint density at radius 3 is 2.26 bits per heavy atom. The van der Waals surface area contributed by atoms with E-state index in [-0.39, 0.29) is 0 Å². The molecular formula is C23H18N8. The molecule has 0 amide bonds. The normalized spacial score (nSPS) is 10.9. The summed E-state index contributed by atoms with van der Waals surface area (Å²) in [6.45, 7) is 3.86. The molecule has 0 bridgehead atoms. The summed E-state index contributed by atoms with van der Waals surface area (Å²) in [4.78, 5) is 0. The third-order valence-corrected chi connectivity index (χ3v) is 5.17. The van der Waals surface area contributed by atoms with Crippen molar-refractivity contribution in [1.82, 2.24) is 30.0 Å². The first kappa shape index (κ1) is 18.5. The predicted molar refractivity (Wildman–Crippen MR) is 118 cm³/mol. The SMILES string of the molecule is Cc1[nH]nc(Nc2nnc3c(C#N)c(-c4ccccc4)nn3c2C)c1-c1ccccc1. The first-order valence-corrected chi connectivity index (χ1v) is 9.76. The Kier molecular flexibility index (Phi) is 4.41. The molecule has 2 N–H and O–H groups in total. The predicted octanol–water partition coefficient (Wildman–Crippen LogP) is 4.41. The van der Waals surface area contributed by atoms with Crippen LogP contribution in [0, 0.1) is 25.2 Å². The monoisotopic (exact) mass is 406 g/mol. The van der Waals surface area contributed by atoms with Gasteiger partial charge in [0.25, 0.3) is 0 Å². The summed E-state index contributed by atoms with van der Waals surface area (Å²) in [7, 11) is 0. The second-order valence-corrected chi connectivity index (χ2v) is 7.13. The van der Waals surface area contributed by atoms with Crippen molar-refractivity contribution < 1.29 is 0 Å². The van der Waals surface area contributed by atoms with Gasteiger partial charge in [-0.3, -0.25) is 5.10 Å². The lowest BCUT2D eigenvalue weighted by Gasteiger charge is -2.09. The van der Waals surface area contributed by atoms with E-state index in [1.165, 1.54) is 0 Å². The lowest BCUT2D eigenvalue weighted by Crippen LogP contribution is -2.06. The van der Waals surface area contributed by atoms with Crippen LogP contribution >= 0.6 is 0 Å². The molecule has 0 spiro atoms. The van der Waals surface area contributed by atoms with Gasteiger partial charge in [-0.2, -0.15) is 15.5 Å². The van der Waals surface area contributed by atoms with E-state index in [4.69, 9.17) is 0 Å². The molecule has 3 heterocycles. The molecule has 0 fully saturated rings. The molecule has 0 aliphatic heterocycles. The Morgan fingerprint density at radius 2 is 1.58 bits per heavy atom. The molecule has 0 unspecified atom stereocenters. The van der Waals surface area contributed by atoms with Gasteiger partial charge in [0.1, 0.15) is 17.3 Å². The summed E-state index contributed by atoms with van der Waals surface area (Å²) in [5.41, 5.74) is 5.93. The minimum absolute atomic E-state index is 0.397. The molecule has 150 valence electrons. The van der Waals surface area contributed by atoms with Crippen LogP contribution in [0.15, 0.2) is 60.7 Å². The van der Waals surface area contributed by atoms with Crippen LogP contribution < -0.4 is 5.32 Å². The van der Waals surface area contributed by atoms with E-state index >= 15 is 0 Å². The number of aromatic nitrogens is 6. The zero-order chi connectivity index (χ0) is 21.4. The molecule has 0 saturated carbocycles. The maximum atomic E-state index is 9.73. The Balaban J connectivity index is 1.61. The molecule has 0 radical (unpaired) electrons. The summed E-state index contributed by atoms with van der Waals surface area (Å²) < 4.78 is 1.65. The third kappa shape index (κ3) is 3.09. The number of nitrogens with zero attached hydrogens (tertiary/aromatic N) is 6. The molecule has 0 saturated heterocycles. The fraction of sp³-hybridized carbons (Fsp3) is 0.0870. The number of benzene rings is 2. The molecule has 5 rings (SSSR count). The molecule has 8 heteroatoms. The summed E-state index contributed by atoms with van der Waals surface area (Å²) in [6.07, 6.45) is 0. The Bertz CT molecular complexity index is 1430. The molecule has 0 atom stereocenters. The number of H-pyrrole nitrogens is 1. The van der Waals surface area contributed by atoms with Gasteiger partial charge in [0.15, 0.2) is 17.3 Å². The number of fused-ring (bicyclic) bond motifs is 1. The van der Waals surface area contributed by atoms with Crippen molar-refractivity contribution in [3.8, 4) is 28.5 Å². The maximum absolute atomic E-state index is 9.73. The van der Waals surface area contributed by atoms with Crippen molar-refractivity contribution in [3.05, 3.63) is 77.6 Å². The second kappa shape index (κ2) is 7.39. The van der Waals surface area contributed by atoms with Crippen molar-refractivity contribution in [2.45, 2.75) is 13.8 Å². The molecule has 2 aromatic carbocycles. The lowest BCUT2D eigenvalue weighted by atomic mass is 10.1. The van der Waals surface area contributed by atoms with Crippen LogP contribution in [0.1, 0.15) is 17.0 Å². The van der Waals surface area contributed by atoms with E-state index in [0.29, 0.717) is 28.5 Å². The number of nitriles is 1. The zero-order valence-electron chi connectivity index (χ0n) is 17.0. The van der Waals surface area contributed by atoms with Crippen LogP contribution in [-0.4, -0.2) is 30.0 Å². The van der Waals surface area contributed by atoms with Crippen LogP contribution in [-0.2, 0) is 0 Å². The first-order valence-electron chi connectivity index (χ1n) is 9.76. The maximum Gasteiger partial charge on any atom is 0.196 e. The Morgan fingerprint density at radius 1 is 0.903 bits per heavy atom. The van der Waals surface area contributed by atoms with Crippen LogP contribution in [0.25, 0.3) is 28.0 Å². The molecule has 3 aromatic heterocycles. The van der Waals surface area contributed by atoms with Gasteiger partial charge in [0, 0.05) is 16.8 Å². The Hall–Kier alpha value is -4.51. The summed E-state index contributed by atoms with van der Waals surface area (Å²) in [6, 6.07) is 21.8. The van der Waals surface area contributed by atoms with Gasteiger partial charge >= 0.3 is 0 Å². The van der Waals surface area contributed by atoms with E-state index in [1.54, 1.807) is 4.52 Å². The van der Waals surface area contributed by atoms with Gasteiger partial charge in [0.2, 0.25) is 0 Å². The molecule has 8 nitrogen and oxygen atoms in total. The summed E-state index contributed by atoms with van der Waals surface area (Å²) in [5, 5.41) is 33.7. The fourth-order valence-electron chi connectivity index (χ4n) is 3.61. The van der Waals surface area contributed by atoms with Crippen molar-refractivity contribution in [2.75, 3.05) is 5.32 Å². The van der Waals surface area contributed by atoms with E-state index in [2.05, 4.69) is 36.9 Å². The van der Waals surface area contributed by atoms with Gasteiger partial charge in [-0.05, 0) is 19.4 Å². The Labute approximate surface area is 178 Å². The third-order valence-electron chi connectivity index (χ3n) is 5.17. The fourth-order valence-corrected chi connectivity index (χ4v) is 3.61. The molecule has 0 aliphatic rings. The van der Waals surface area contributed by atoms with E-state index in [0.717, 1.165) is 28.1 Å². The molecule has 5 aromatic rings. The van der Waals surface area contributed by atoms with E-state index < -0.39 is 0 Å². The number of nitrogens with one attached hydrogen (secondary N) is 2. The van der Waals surface area contributed by atoms with Crippen molar-refractivity contribution >= 4 is 17.3 Å². The molecule has 0 aliphatic carbocycles. The highest BCUT2D eigenvalue weighted by molar-refractivity contribution is 5.80. The van der Waals surface area contributed by atoms with E-state index in [1.807, 2.05) is 74.5 Å². The van der Waals surface area contributed by atoms with E-state index in [9.17, 15) is 5.26 Å². The van der Waals surface area contributed by atoms with Crippen LogP contribution in [0.3, 0.4) is 0 Å². The van der Waals surface area contributed by atoms with Gasteiger partial charge in [-0.15, -0.1) is 10.2 Å². The van der Waals surface area contributed by atoms with Gasteiger partial charge < -0.3 is 5.32 Å². The van der Waals surface area contributed by atoms with Gasteiger partial charge in [-0.25, -0.2) is 4.52 Å². The molecular weight excluding hydrogens is 388 g/mol. The standard InChI is InChI=1S/C23H18N8/c1-14-19(16-9-5-3-6-10-16)22(28-26-14)25-21-15(2)31-23(29-27-21)18(13-24)20(30-31)17-11-7-4-8-12-17/h3-12H,1-2H3,(H2,25,26,28). The first-order chi connectivity index (χ1) is 15.2. The largest absolute Gasteiger partial charge is 0.320 e. The smallest absolute Gasteiger partial charge is 0.196 e. The average Bonchev–Trinajstić information content (AvgIpc) is 3.37. The number of hydrogen-bond donors (Lipinski definition) is 2. The topological polar surface area (TPSA) is 108 Å². The number of hydrogen-bond acceptors (Lipinski definition) is 6. The highest BCUT2D eigenvalue weighted by Gasteiger charge is 2.20. The molecule has 31 heavy (non-hydrogen) atoms. The van der Waals surface area contributed by atoms with Gasteiger partial charge in [0.05, 0.1) is 5.69 Å².